The number of alkyl halides is 3. The Kier molecular flexibility index (Phi) is 6.51. The summed E-state index contributed by atoms with van der Waals surface area (Å²) in [5.74, 6) is -0.563. The molecule has 4 nitrogen and oxygen atoms in total. The number of nitrogens with zero attached hydrogens (tertiary/aromatic N) is 1. The summed E-state index contributed by atoms with van der Waals surface area (Å²) in [6.45, 7) is -0.274. The Hall–Kier alpha value is -2.45. The third-order valence-electron chi connectivity index (χ3n) is 7.17. The summed E-state index contributed by atoms with van der Waals surface area (Å²) in [6.07, 6.45) is -2.49. The number of β-amino-alcohol motifs (C(OH)–C–C–N with tert-alkyl or cyclic N) is 1. The van der Waals surface area contributed by atoms with Gasteiger partial charge in [0, 0.05) is 25.7 Å². The predicted molar refractivity (Wildman–Crippen MR) is 116 cm³/mol. The molecule has 1 amide bonds. The minimum Gasteiger partial charge on any atom is -0.379 e. The Balaban J connectivity index is 1.49. The van der Waals surface area contributed by atoms with Crippen molar-refractivity contribution in [2.75, 3.05) is 19.6 Å². The Morgan fingerprint density at radius 3 is 2.27 bits per heavy atom. The average Bonchev–Trinajstić information content (AvgIpc) is 3.16. The summed E-state index contributed by atoms with van der Waals surface area (Å²) in [6, 6.07) is 14.9. The van der Waals surface area contributed by atoms with Crippen molar-refractivity contribution in [2.45, 2.75) is 55.3 Å². The van der Waals surface area contributed by atoms with Crippen LogP contribution >= 0.6 is 0 Å². The summed E-state index contributed by atoms with van der Waals surface area (Å²) in [5.41, 5.74) is -1.78. The number of nitrogens with one attached hydrogen (secondary N) is 1. The van der Waals surface area contributed by atoms with Crippen LogP contribution in [0.15, 0.2) is 54.6 Å². The molecule has 1 saturated heterocycles. The molecule has 2 aromatic rings. The quantitative estimate of drug-likeness (QED) is 0.610. The number of benzene rings is 2. The third kappa shape index (κ3) is 4.77. The fourth-order valence-corrected chi connectivity index (χ4v) is 4.91. The van der Waals surface area contributed by atoms with E-state index in [0.29, 0.717) is 19.3 Å². The largest absolute Gasteiger partial charge is 0.418 e. The lowest BCUT2D eigenvalue weighted by Crippen LogP contribution is -2.54. The lowest BCUT2D eigenvalue weighted by molar-refractivity contribution is -0.254. The van der Waals surface area contributed by atoms with E-state index in [0.717, 1.165) is 17.5 Å². The van der Waals surface area contributed by atoms with Gasteiger partial charge in [-0.25, -0.2) is 4.39 Å². The monoisotopic (exact) mass is 464 g/mol. The number of rotatable bonds is 7. The number of hydrogen-bond donors (Lipinski definition) is 2. The van der Waals surface area contributed by atoms with Crippen molar-refractivity contribution in [3.63, 3.8) is 0 Å². The summed E-state index contributed by atoms with van der Waals surface area (Å²) in [7, 11) is 0. The first-order valence-electron chi connectivity index (χ1n) is 11.2. The van der Waals surface area contributed by atoms with Crippen LogP contribution in [0.1, 0.15) is 36.8 Å². The Labute approximate surface area is 190 Å². The van der Waals surface area contributed by atoms with Crippen LogP contribution in [-0.4, -0.2) is 53.4 Å². The molecule has 8 heteroatoms. The molecule has 178 valence electrons. The Bertz CT molecular complexity index is 961. The van der Waals surface area contributed by atoms with E-state index in [1.54, 1.807) is 17.0 Å². The Morgan fingerprint density at radius 2 is 1.73 bits per heavy atom. The molecule has 2 unspecified atom stereocenters. The summed E-state index contributed by atoms with van der Waals surface area (Å²) in [5, 5.41) is 13.1. The fraction of sp³-hybridized carbons (Fsp3) is 0.480. The van der Waals surface area contributed by atoms with Gasteiger partial charge < -0.3 is 10.4 Å². The highest BCUT2D eigenvalue weighted by molar-refractivity contribution is 5.89. The zero-order chi connectivity index (χ0) is 23.7. The van der Waals surface area contributed by atoms with Crippen LogP contribution in [-0.2, 0) is 16.6 Å². The number of amides is 1. The van der Waals surface area contributed by atoms with Gasteiger partial charge >= 0.3 is 6.18 Å². The number of aliphatic hydroxyl groups is 1. The van der Waals surface area contributed by atoms with Crippen LogP contribution in [0.25, 0.3) is 0 Å². The highest BCUT2D eigenvalue weighted by Crippen LogP contribution is 2.44. The van der Waals surface area contributed by atoms with E-state index in [1.165, 1.54) is 12.1 Å². The zero-order valence-electron chi connectivity index (χ0n) is 18.2. The molecule has 0 spiro atoms. The van der Waals surface area contributed by atoms with Crippen LogP contribution in [0.4, 0.5) is 17.6 Å². The lowest BCUT2D eigenvalue weighted by atomic mass is 9.64. The van der Waals surface area contributed by atoms with E-state index in [9.17, 15) is 27.5 Å². The lowest BCUT2D eigenvalue weighted by Gasteiger charge is -2.41. The van der Waals surface area contributed by atoms with Crippen molar-refractivity contribution < 1.29 is 27.5 Å². The van der Waals surface area contributed by atoms with Gasteiger partial charge in [0.25, 0.3) is 0 Å². The predicted octanol–water partition coefficient (Wildman–Crippen LogP) is 3.97. The first kappa shape index (κ1) is 23.7. The molecule has 2 atom stereocenters. The SMILES string of the molecule is O=C(NCC(Cc1ccccc1)N1CCC(O)(C(F)(F)F)C1)C1(c2ccc(F)cc2)CCC1. The maximum Gasteiger partial charge on any atom is 0.418 e. The number of likely N-dealkylation sites (tertiary alicyclic amines) is 1. The van der Waals surface area contributed by atoms with Gasteiger partial charge in [-0.2, -0.15) is 13.2 Å². The van der Waals surface area contributed by atoms with Crippen LogP contribution in [0, 0.1) is 5.82 Å². The van der Waals surface area contributed by atoms with Gasteiger partial charge in [0.1, 0.15) is 5.82 Å². The summed E-state index contributed by atoms with van der Waals surface area (Å²) in [4.78, 5) is 14.9. The molecule has 2 aromatic carbocycles. The van der Waals surface area contributed by atoms with E-state index in [4.69, 9.17) is 0 Å². The number of carbonyl (C=O) groups is 1. The van der Waals surface area contributed by atoms with Gasteiger partial charge in [-0.1, -0.05) is 48.9 Å². The van der Waals surface area contributed by atoms with Gasteiger partial charge in [0.15, 0.2) is 5.60 Å². The second-order valence-electron chi connectivity index (χ2n) is 9.25. The molecule has 33 heavy (non-hydrogen) atoms. The van der Waals surface area contributed by atoms with E-state index in [1.807, 2.05) is 30.3 Å². The molecular weight excluding hydrogens is 436 g/mol. The maximum absolute atomic E-state index is 13.4. The molecule has 0 aromatic heterocycles. The van der Waals surface area contributed by atoms with Crippen molar-refractivity contribution in [1.82, 2.24) is 10.2 Å². The molecular formula is C25H28F4N2O2. The van der Waals surface area contributed by atoms with Crippen molar-refractivity contribution in [2.24, 2.45) is 0 Å². The van der Waals surface area contributed by atoms with Crippen LogP contribution in [0.2, 0.25) is 0 Å². The molecule has 1 aliphatic heterocycles. The summed E-state index contributed by atoms with van der Waals surface area (Å²) >= 11 is 0. The minimum atomic E-state index is -4.71. The zero-order valence-corrected chi connectivity index (χ0v) is 18.2. The normalized spacial score (nSPS) is 23.7. The second kappa shape index (κ2) is 9.06. The Morgan fingerprint density at radius 1 is 1.06 bits per heavy atom. The number of carbonyl (C=O) groups excluding carboxylic acids is 1. The highest BCUT2D eigenvalue weighted by Gasteiger charge is 2.57. The van der Waals surface area contributed by atoms with Gasteiger partial charge in [0.05, 0.1) is 5.41 Å². The molecule has 0 bridgehead atoms. The van der Waals surface area contributed by atoms with Gasteiger partial charge in [-0.3, -0.25) is 9.69 Å². The average molecular weight is 465 g/mol. The van der Waals surface area contributed by atoms with Crippen molar-refractivity contribution in [3.8, 4) is 0 Å². The van der Waals surface area contributed by atoms with E-state index in [2.05, 4.69) is 5.32 Å². The van der Waals surface area contributed by atoms with Crippen molar-refractivity contribution in [3.05, 3.63) is 71.5 Å². The van der Waals surface area contributed by atoms with Crippen molar-refractivity contribution >= 4 is 5.91 Å². The minimum absolute atomic E-state index is 0.0898. The smallest absolute Gasteiger partial charge is 0.379 e. The molecule has 2 N–H and O–H groups in total. The van der Waals surface area contributed by atoms with Gasteiger partial charge in [0.2, 0.25) is 5.91 Å². The van der Waals surface area contributed by atoms with Gasteiger partial charge in [-0.15, -0.1) is 0 Å². The topological polar surface area (TPSA) is 52.6 Å². The molecule has 1 saturated carbocycles. The number of hydrogen-bond acceptors (Lipinski definition) is 3. The molecule has 1 aliphatic carbocycles. The van der Waals surface area contributed by atoms with E-state index >= 15 is 0 Å². The first-order valence-corrected chi connectivity index (χ1v) is 11.2. The van der Waals surface area contributed by atoms with E-state index < -0.39 is 36.2 Å². The number of halogens is 4. The molecule has 1 heterocycles. The summed E-state index contributed by atoms with van der Waals surface area (Å²) < 4.78 is 53.5. The molecule has 2 aliphatic rings. The van der Waals surface area contributed by atoms with Crippen LogP contribution < -0.4 is 5.32 Å². The molecule has 2 fully saturated rings. The van der Waals surface area contributed by atoms with Crippen LogP contribution in [0.3, 0.4) is 0 Å². The fourth-order valence-electron chi connectivity index (χ4n) is 4.91. The van der Waals surface area contributed by atoms with Gasteiger partial charge in [-0.05, 0) is 48.9 Å². The third-order valence-corrected chi connectivity index (χ3v) is 7.17. The standard InChI is InChI=1S/C25H28F4N2O2/c26-20-9-7-19(8-10-20)23(11-4-12-23)22(32)30-16-21(15-18-5-2-1-3-6-18)31-14-13-24(33,17-31)25(27,28)29/h1-3,5-10,21,33H,4,11-17H2,(H,30,32). The molecule has 0 radical (unpaired) electrons. The second-order valence-corrected chi connectivity index (χ2v) is 9.25. The molecule has 4 rings (SSSR count). The highest BCUT2D eigenvalue weighted by atomic mass is 19.4. The van der Waals surface area contributed by atoms with Crippen LogP contribution in [0.5, 0.6) is 0 Å². The van der Waals surface area contributed by atoms with E-state index in [-0.39, 0.29) is 24.8 Å². The maximum atomic E-state index is 13.4. The van der Waals surface area contributed by atoms with Crippen molar-refractivity contribution in [1.29, 1.82) is 0 Å². The first-order chi connectivity index (χ1) is 15.6.